The number of ether oxygens (including phenoxy) is 1. The summed E-state index contributed by atoms with van der Waals surface area (Å²) in [5.41, 5.74) is 2.10. The molecule has 0 atom stereocenters. The van der Waals surface area contributed by atoms with Gasteiger partial charge in [-0.2, -0.15) is 5.26 Å². The highest BCUT2D eigenvalue weighted by Crippen LogP contribution is 2.10. The van der Waals surface area contributed by atoms with Crippen LogP contribution in [0.1, 0.15) is 37.8 Å². The highest BCUT2D eigenvalue weighted by molar-refractivity contribution is 5.97. The Morgan fingerprint density at radius 2 is 2.00 bits per heavy atom. The molecule has 100 valence electrons. The van der Waals surface area contributed by atoms with Crippen molar-refractivity contribution in [3.05, 3.63) is 41.0 Å². The molecule has 3 nitrogen and oxygen atoms in total. The maximum Gasteiger partial charge on any atom is 0.348 e. The van der Waals surface area contributed by atoms with Gasteiger partial charge in [0.05, 0.1) is 6.61 Å². The zero-order chi connectivity index (χ0) is 14.1. The van der Waals surface area contributed by atoms with E-state index < -0.39 is 5.97 Å². The zero-order valence-corrected chi connectivity index (χ0v) is 11.5. The number of rotatable bonds is 6. The van der Waals surface area contributed by atoms with Crippen LogP contribution in [0.4, 0.5) is 0 Å². The lowest BCUT2D eigenvalue weighted by atomic mass is 10.1. The van der Waals surface area contributed by atoms with Gasteiger partial charge in [-0.15, -0.1) is 0 Å². The van der Waals surface area contributed by atoms with E-state index in [1.807, 2.05) is 37.3 Å². The van der Waals surface area contributed by atoms with Gasteiger partial charge in [0, 0.05) is 0 Å². The number of hydrogen-bond acceptors (Lipinski definition) is 3. The fourth-order valence-electron chi connectivity index (χ4n) is 1.54. The summed E-state index contributed by atoms with van der Waals surface area (Å²) in [6.45, 7) is 4.46. The quantitative estimate of drug-likeness (QED) is 0.339. The highest BCUT2D eigenvalue weighted by Gasteiger charge is 2.10. The summed E-state index contributed by atoms with van der Waals surface area (Å²) in [6.07, 6.45) is 4.30. The van der Waals surface area contributed by atoms with E-state index in [0.717, 1.165) is 24.8 Å². The Balaban J connectivity index is 2.75. The number of carbonyl (C=O) groups is 1. The molecule has 3 heteroatoms. The van der Waals surface area contributed by atoms with E-state index in [2.05, 4.69) is 6.92 Å². The Hall–Kier alpha value is -2.08. The van der Waals surface area contributed by atoms with Crippen molar-refractivity contribution in [1.82, 2.24) is 0 Å². The molecule has 1 aromatic carbocycles. The number of carbonyl (C=O) groups excluding carboxylic acids is 1. The molecule has 0 aliphatic rings. The molecule has 0 spiro atoms. The third kappa shape index (κ3) is 4.97. The minimum Gasteiger partial charge on any atom is -0.462 e. The summed E-state index contributed by atoms with van der Waals surface area (Å²) < 4.78 is 5.02. The normalized spacial score (nSPS) is 10.9. The molecular weight excluding hydrogens is 238 g/mol. The molecule has 0 fully saturated rings. The molecule has 0 heterocycles. The van der Waals surface area contributed by atoms with Crippen molar-refractivity contribution in [3.63, 3.8) is 0 Å². The van der Waals surface area contributed by atoms with E-state index in [1.165, 1.54) is 5.56 Å². The van der Waals surface area contributed by atoms with Crippen molar-refractivity contribution >= 4 is 12.0 Å². The fraction of sp³-hybridized carbons (Fsp3) is 0.375. The lowest BCUT2D eigenvalue weighted by molar-refractivity contribution is -0.138. The first-order valence-electron chi connectivity index (χ1n) is 6.59. The van der Waals surface area contributed by atoms with Crippen LogP contribution in [0.5, 0.6) is 0 Å². The largest absolute Gasteiger partial charge is 0.462 e. The predicted octanol–water partition coefficient (Wildman–Crippen LogP) is 3.50. The van der Waals surface area contributed by atoms with Crippen molar-refractivity contribution in [1.29, 1.82) is 5.26 Å². The second-order valence-electron chi connectivity index (χ2n) is 4.25. The molecule has 0 N–H and O–H groups in total. The summed E-state index contributed by atoms with van der Waals surface area (Å²) >= 11 is 0. The number of nitrogens with zero attached hydrogens (tertiary/aromatic N) is 1. The molecule has 0 unspecified atom stereocenters. The van der Waals surface area contributed by atoms with Gasteiger partial charge in [-0.05, 0) is 30.0 Å². The van der Waals surface area contributed by atoms with Gasteiger partial charge in [0.15, 0.2) is 0 Å². The Kier molecular flexibility index (Phi) is 6.38. The van der Waals surface area contributed by atoms with Crippen LogP contribution >= 0.6 is 0 Å². The molecular formula is C16H19NO2. The first-order chi connectivity index (χ1) is 9.21. The van der Waals surface area contributed by atoms with Crippen LogP contribution in [-0.2, 0) is 16.0 Å². The number of nitriles is 1. The molecule has 19 heavy (non-hydrogen) atoms. The van der Waals surface area contributed by atoms with E-state index in [1.54, 1.807) is 6.08 Å². The fourth-order valence-corrected chi connectivity index (χ4v) is 1.54. The topological polar surface area (TPSA) is 50.1 Å². The van der Waals surface area contributed by atoms with Crippen molar-refractivity contribution in [2.75, 3.05) is 6.61 Å². The van der Waals surface area contributed by atoms with E-state index >= 15 is 0 Å². The summed E-state index contributed by atoms with van der Waals surface area (Å²) in [7, 11) is 0. The Bertz CT molecular complexity index is 480. The van der Waals surface area contributed by atoms with Gasteiger partial charge in [0.1, 0.15) is 11.6 Å². The van der Waals surface area contributed by atoms with Crippen molar-refractivity contribution in [3.8, 4) is 6.07 Å². The molecule has 0 bridgehead atoms. The van der Waals surface area contributed by atoms with Crippen LogP contribution in [-0.4, -0.2) is 12.6 Å². The summed E-state index contributed by atoms with van der Waals surface area (Å²) in [5, 5.41) is 9.00. The number of benzene rings is 1. The van der Waals surface area contributed by atoms with Crippen LogP contribution in [0.15, 0.2) is 29.8 Å². The van der Waals surface area contributed by atoms with Crippen LogP contribution in [0, 0.1) is 11.3 Å². The minimum absolute atomic E-state index is 0.0420. The van der Waals surface area contributed by atoms with Crippen molar-refractivity contribution in [2.45, 2.75) is 33.1 Å². The molecule has 0 radical (unpaired) electrons. The second-order valence-corrected chi connectivity index (χ2v) is 4.25. The van der Waals surface area contributed by atoms with Gasteiger partial charge in [0.25, 0.3) is 0 Å². The van der Waals surface area contributed by atoms with Gasteiger partial charge in [-0.3, -0.25) is 0 Å². The Morgan fingerprint density at radius 3 is 2.53 bits per heavy atom. The summed E-state index contributed by atoms with van der Waals surface area (Å²) in [6, 6.07) is 9.67. The summed E-state index contributed by atoms with van der Waals surface area (Å²) in [4.78, 5) is 11.7. The van der Waals surface area contributed by atoms with Crippen LogP contribution < -0.4 is 0 Å². The van der Waals surface area contributed by atoms with Gasteiger partial charge in [-0.25, -0.2) is 4.79 Å². The van der Waals surface area contributed by atoms with Gasteiger partial charge >= 0.3 is 5.97 Å². The summed E-state index contributed by atoms with van der Waals surface area (Å²) in [5.74, 6) is -0.546. The molecule has 0 aliphatic carbocycles. The smallest absolute Gasteiger partial charge is 0.348 e. The lowest BCUT2D eigenvalue weighted by Crippen LogP contribution is -2.07. The predicted molar refractivity (Wildman–Crippen MR) is 75.3 cm³/mol. The van der Waals surface area contributed by atoms with E-state index in [-0.39, 0.29) is 5.57 Å². The van der Waals surface area contributed by atoms with Crippen molar-refractivity contribution in [2.24, 2.45) is 0 Å². The first kappa shape index (κ1) is 15.0. The molecule has 0 aliphatic heterocycles. The van der Waals surface area contributed by atoms with Crippen molar-refractivity contribution < 1.29 is 9.53 Å². The van der Waals surface area contributed by atoms with E-state index in [4.69, 9.17) is 10.00 Å². The van der Waals surface area contributed by atoms with Crippen LogP contribution in [0.25, 0.3) is 6.08 Å². The standard InChI is InChI=1S/C16H19NO2/c1-3-5-10-19-16(18)15(12-17)11-14-8-6-13(4-2)7-9-14/h6-9,11H,3-5,10H2,1-2H3/b15-11-. The van der Waals surface area contributed by atoms with E-state index in [0.29, 0.717) is 6.61 Å². The zero-order valence-electron chi connectivity index (χ0n) is 11.5. The minimum atomic E-state index is -0.546. The maximum atomic E-state index is 11.7. The monoisotopic (exact) mass is 257 g/mol. The molecule has 0 saturated heterocycles. The number of aryl methyl sites for hydroxylation is 1. The number of esters is 1. The average molecular weight is 257 g/mol. The maximum absolute atomic E-state index is 11.7. The lowest BCUT2D eigenvalue weighted by Gasteiger charge is -2.03. The Labute approximate surface area is 114 Å². The average Bonchev–Trinajstić information content (AvgIpc) is 2.45. The van der Waals surface area contributed by atoms with Crippen LogP contribution in [0.2, 0.25) is 0 Å². The molecule has 0 saturated carbocycles. The molecule has 0 aromatic heterocycles. The number of unbranched alkanes of at least 4 members (excludes halogenated alkanes) is 1. The van der Waals surface area contributed by atoms with Crippen LogP contribution in [0.3, 0.4) is 0 Å². The second kappa shape index (κ2) is 8.10. The molecule has 1 rings (SSSR count). The third-order valence-corrected chi connectivity index (χ3v) is 2.77. The highest BCUT2D eigenvalue weighted by atomic mass is 16.5. The SMILES string of the molecule is CCCCOC(=O)/C(C#N)=C\c1ccc(CC)cc1. The van der Waals surface area contributed by atoms with E-state index in [9.17, 15) is 4.79 Å². The third-order valence-electron chi connectivity index (χ3n) is 2.77. The van der Waals surface area contributed by atoms with Gasteiger partial charge < -0.3 is 4.74 Å². The molecule has 1 aromatic rings. The number of hydrogen-bond donors (Lipinski definition) is 0. The Morgan fingerprint density at radius 1 is 1.32 bits per heavy atom. The first-order valence-corrected chi connectivity index (χ1v) is 6.59. The van der Waals surface area contributed by atoms with Gasteiger partial charge in [-0.1, -0.05) is 44.5 Å². The molecule has 0 amide bonds. The van der Waals surface area contributed by atoms with Gasteiger partial charge in [0.2, 0.25) is 0 Å².